The number of amides is 1. The number of carbonyl (C=O) groups excluding carboxylic acids is 1. The first kappa shape index (κ1) is 24.1. The minimum atomic E-state index is -1.10. The number of carbonyl (C=O) groups is 2. The van der Waals surface area contributed by atoms with Crippen molar-refractivity contribution in [3.63, 3.8) is 0 Å². The lowest BCUT2D eigenvalue weighted by Crippen LogP contribution is -2.42. The molecule has 0 saturated heterocycles. The van der Waals surface area contributed by atoms with Crippen molar-refractivity contribution in [2.75, 3.05) is 0 Å². The fourth-order valence-corrected chi connectivity index (χ4v) is 4.75. The molecule has 190 valence electrons. The Bertz CT molecular complexity index is 1810. The molecule has 0 saturated carbocycles. The molecule has 1 amide bonds. The van der Waals surface area contributed by atoms with Gasteiger partial charge in [0.05, 0.1) is 22.4 Å². The van der Waals surface area contributed by atoms with Crippen LogP contribution in [0.5, 0.6) is 0 Å². The van der Waals surface area contributed by atoms with Crippen molar-refractivity contribution >= 4 is 33.8 Å². The molecule has 39 heavy (non-hydrogen) atoms. The van der Waals surface area contributed by atoms with E-state index in [1.54, 1.807) is 24.4 Å². The van der Waals surface area contributed by atoms with Crippen molar-refractivity contribution in [3.8, 4) is 22.5 Å². The molecule has 6 rings (SSSR count). The number of carboxylic acid groups (broad SMARTS) is 1. The van der Waals surface area contributed by atoms with Gasteiger partial charge in [0.1, 0.15) is 6.04 Å². The van der Waals surface area contributed by atoms with E-state index < -0.39 is 17.9 Å². The van der Waals surface area contributed by atoms with Gasteiger partial charge in [-0.2, -0.15) is 0 Å². The molecule has 3 N–H and O–H groups in total. The SMILES string of the molecule is O=C(NC(Cc1c[nH]c2ccccc12)C(=O)O)c1ccc2nc(-c3ccccc3)c(-c3ccccc3)nc2c1. The van der Waals surface area contributed by atoms with Gasteiger partial charge in [-0.15, -0.1) is 0 Å². The van der Waals surface area contributed by atoms with E-state index in [-0.39, 0.29) is 6.42 Å². The summed E-state index contributed by atoms with van der Waals surface area (Å²) >= 11 is 0. The second-order valence-electron chi connectivity index (χ2n) is 9.28. The van der Waals surface area contributed by atoms with E-state index in [9.17, 15) is 14.7 Å². The highest BCUT2D eigenvalue weighted by Crippen LogP contribution is 2.31. The summed E-state index contributed by atoms with van der Waals surface area (Å²) in [7, 11) is 0. The highest BCUT2D eigenvalue weighted by atomic mass is 16.4. The Labute approximate surface area is 224 Å². The van der Waals surface area contributed by atoms with Crippen molar-refractivity contribution in [2.45, 2.75) is 12.5 Å². The molecular formula is C32H24N4O3. The van der Waals surface area contributed by atoms with E-state index in [1.165, 1.54) is 0 Å². The summed E-state index contributed by atoms with van der Waals surface area (Å²) in [6.45, 7) is 0. The highest BCUT2D eigenvalue weighted by Gasteiger charge is 2.23. The number of hydrogen-bond donors (Lipinski definition) is 3. The maximum Gasteiger partial charge on any atom is 0.326 e. The zero-order valence-corrected chi connectivity index (χ0v) is 20.8. The van der Waals surface area contributed by atoms with Gasteiger partial charge in [-0.25, -0.2) is 14.8 Å². The van der Waals surface area contributed by atoms with E-state index in [4.69, 9.17) is 9.97 Å². The Balaban J connectivity index is 1.33. The van der Waals surface area contributed by atoms with E-state index in [0.717, 1.165) is 33.3 Å². The number of benzene rings is 4. The number of aliphatic carboxylic acids is 1. The highest BCUT2D eigenvalue weighted by molar-refractivity contribution is 6.00. The quantitative estimate of drug-likeness (QED) is 0.248. The third-order valence-corrected chi connectivity index (χ3v) is 6.72. The van der Waals surface area contributed by atoms with E-state index >= 15 is 0 Å². The fourth-order valence-electron chi connectivity index (χ4n) is 4.75. The van der Waals surface area contributed by atoms with Crippen LogP contribution in [-0.2, 0) is 11.2 Å². The van der Waals surface area contributed by atoms with E-state index in [1.807, 2.05) is 84.9 Å². The lowest BCUT2D eigenvalue weighted by molar-refractivity contribution is -0.139. The van der Waals surface area contributed by atoms with Crippen LogP contribution in [0.2, 0.25) is 0 Å². The average Bonchev–Trinajstić information content (AvgIpc) is 3.39. The van der Waals surface area contributed by atoms with Gasteiger partial charge in [0, 0.05) is 40.2 Å². The number of nitrogens with zero attached hydrogens (tertiary/aromatic N) is 2. The average molecular weight is 513 g/mol. The van der Waals surface area contributed by atoms with Crippen LogP contribution in [0.4, 0.5) is 0 Å². The summed E-state index contributed by atoms with van der Waals surface area (Å²) in [5, 5.41) is 13.5. The maximum atomic E-state index is 13.2. The maximum absolute atomic E-state index is 13.2. The number of rotatable bonds is 7. The van der Waals surface area contributed by atoms with Gasteiger partial charge in [-0.3, -0.25) is 4.79 Å². The molecule has 0 bridgehead atoms. The van der Waals surface area contributed by atoms with Crippen molar-refractivity contribution in [3.05, 3.63) is 120 Å². The number of aromatic amines is 1. The van der Waals surface area contributed by atoms with Crippen LogP contribution in [0.25, 0.3) is 44.5 Å². The molecule has 0 aliphatic rings. The van der Waals surface area contributed by atoms with Crippen LogP contribution in [0.1, 0.15) is 15.9 Å². The van der Waals surface area contributed by atoms with Crippen LogP contribution < -0.4 is 5.32 Å². The molecule has 1 unspecified atom stereocenters. The van der Waals surface area contributed by atoms with E-state index in [2.05, 4.69) is 10.3 Å². The van der Waals surface area contributed by atoms with Gasteiger partial charge >= 0.3 is 5.97 Å². The molecule has 1 atom stereocenters. The lowest BCUT2D eigenvalue weighted by Gasteiger charge is -2.15. The number of nitrogens with one attached hydrogen (secondary N) is 2. The molecule has 7 heteroatoms. The number of H-pyrrole nitrogens is 1. The Morgan fingerprint density at radius 1 is 0.769 bits per heavy atom. The van der Waals surface area contributed by atoms with E-state index in [0.29, 0.717) is 22.3 Å². The summed E-state index contributed by atoms with van der Waals surface area (Å²) in [5.41, 5.74) is 6.53. The van der Waals surface area contributed by atoms with Crippen molar-refractivity contribution < 1.29 is 14.7 Å². The van der Waals surface area contributed by atoms with Gasteiger partial charge in [0.25, 0.3) is 5.91 Å². The monoisotopic (exact) mass is 512 g/mol. The molecular weight excluding hydrogens is 488 g/mol. The first-order valence-electron chi connectivity index (χ1n) is 12.6. The molecule has 0 fully saturated rings. The predicted molar refractivity (Wildman–Crippen MR) is 151 cm³/mol. The predicted octanol–water partition coefficient (Wildman–Crippen LogP) is 5.87. The number of fused-ring (bicyclic) bond motifs is 2. The van der Waals surface area contributed by atoms with Crippen LogP contribution in [0, 0.1) is 0 Å². The molecule has 2 aromatic heterocycles. The summed E-state index contributed by atoms with van der Waals surface area (Å²) < 4.78 is 0. The minimum Gasteiger partial charge on any atom is -0.480 e. The zero-order valence-electron chi connectivity index (χ0n) is 20.8. The molecule has 0 spiro atoms. The van der Waals surface area contributed by atoms with Crippen LogP contribution >= 0.6 is 0 Å². The molecule has 0 aliphatic carbocycles. The zero-order chi connectivity index (χ0) is 26.8. The lowest BCUT2D eigenvalue weighted by atomic mass is 10.0. The number of carboxylic acids is 1. The Morgan fingerprint density at radius 3 is 2.05 bits per heavy atom. The first-order valence-corrected chi connectivity index (χ1v) is 12.6. The number of hydrogen-bond acceptors (Lipinski definition) is 4. The minimum absolute atomic E-state index is 0.150. The van der Waals surface area contributed by atoms with Crippen molar-refractivity contribution in [1.29, 1.82) is 0 Å². The second kappa shape index (κ2) is 10.2. The second-order valence-corrected chi connectivity index (χ2v) is 9.28. The molecule has 2 heterocycles. The normalized spacial score (nSPS) is 11.9. The van der Waals surface area contributed by atoms with Crippen LogP contribution in [-0.4, -0.2) is 38.0 Å². The smallest absolute Gasteiger partial charge is 0.326 e. The van der Waals surface area contributed by atoms with Gasteiger partial charge in [-0.1, -0.05) is 78.9 Å². The molecule has 4 aromatic carbocycles. The van der Waals surface area contributed by atoms with Crippen LogP contribution in [0.15, 0.2) is 109 Å². The summed E-state index contributed by atoms with van der Waals surface area (Å²) in [4.78, 5) is 38.2. The molecule has 0 radical (unpaired) electrons. The fraction of sp³-hybridized carbons (Fsp3) is 0.0625. The van der Waals surface area contributed by atoms with Gasteiger partial charge in [0.2, 0.25) is 0 Å². The van der Waals surface area contributed by atoms with Crippen LogP contribution in [0.3, 0.4) is 0 Å². The van der Waals surface area contributed by atoms with Crippen molar-refractivity contribution in [1.82, 2.24) is 20.3 Å². The summed E-state index contributed by atoms with van der Waals surface area (Å²) in [5.74, 6) is -1.59. The standard InChI is InChI=1S/C32H24N4O3/c37-31(36-28(32(38)39)18-23-19-33-25-14-8-7-13-24(23)25)22-15-16-26-27(17-22)35-30(21-11-5-2-6-12-21)29(34-26)20-9-3-1-4-10-20/h1-17,19,28,33H,18H2,(H,36,37)(H,38,39). The molecule has 0 aliphatic heterocycles. The van der Waals surface area contributed by atoms with Gasteiger partial charge in [0.15, 0.2) is 0 Å². The van der Waals surface area contributed by atoms with Crippen molar-refractivity contribution in [2.24, 2.45) is 0 Å². The third kappa shape index (κ3) is 4.85. The summed E-state index contributed by atoms with van der Waals surface area (Å²) in [6.07, 6.45) is 1.94. The van der Waals surface area contributed by atoms with Gasteiger partial charge < -0.3 is 15.4 Å². The number of para-hydroxylation sites is 1. The Kier molecular flexibility index (Phi) is 6.31. The largest absolute Gasteiger partial charge is 0.480 e. The third-order valence-electron chi connectivity index (χ3n) is 6.72. The Morgan fingerprint density at radius 2 is 1.38 bits per heavy atom. The topological polar surface area (TPSA) is 108 Å². The molecule has 7 nitrogen and oxygen atoms in total. The van der Waals surface area contributed by atoms with Gasteiger partial charge in [-0.05, 0) is 29.8 Å². The summed E-state index contributed by atoms with van der Waals surface area (Å²) in [6, 6.07) is 31.2. The first-order chi connectivity index (χ1) is 19.1. The Hall–Kier alpha value is -5.30. The molecule has 6 aromatic rings. The number of aromatic nitrogens is 3.